The molecule has 0 spiro atoms. The zero-order valence-corrected chi connectivity index (χ0v) is 12.8. The summed E-state index contributed by atoms with van der Waals surface area (Å²) >= 11 is 0. The second-order valence-corrected chi connectivity index (χ2v) is 6.90. The molecule has 6 nitrogen and oxygen atoms in total. The Hall–Kier alpha value is -1.44. The fourth-order valence-corrected chi connectivity index (χ4v) is 4.20. The van der Waals surface area contributed by atoms with Gasteiger partial charge in [0.2, 0.25) is 10.0 Å². The van der Waals surface area contributed by atoms with Crippen molar-refractivity contribution in [3.05, 3.63) is 29.3 Å². The Bertz CT molecular complexity index is 641. The number of hydrogen-bond donors (Lipinski definition) is 2. The fraction of sp³-hybridized carbons (Fsp3) is 0.500. The molecule has 1 saturated carbocycles. The summed E-state index contributed by atoms with van der Waals surface area (Å²) in [4.78, 5) is 11.0. The highest BCUT2D eigenvalue weighted by atomic mass is 32.2. The Morgan fingerprint density at radius 3 is 2.71 bits per heavy atom. The van der Waals surface area contributed by atoms with Crippen molar-refractivity contribution in [2.75, 3.05) is 7.11 Å². The number of sulfonamides is 1. The molecule has 1 aliphatic rings. The van der Waals surface area contributed by atoms with Crippen molar-refractivity contribution in [3.8, 4) is 0 Å². The van der Waals surface area contributed by atoms with Crippen LogP contribution in [0.2, 0.25) is 0 Å². The van der Waals surface area contributed by atoms with Gasteiger partial charge in [-0.1, -0.05) is 6.07 Å². The van der Waals surface area contributed by atoms with Crippen molar-refractivity contribution < 1.29 is 23.1 Å². The number of carbonyl (C=O) groups is 1. The van der Waals surface area contributed by atoms with Crippen molar-refractivity contribution in [2.24, 2.45) is 0 Å². The van der Waals surface area contributed by atoms with Gasteiger partial charge in [-0.2, -0.15) is 0 Å². The van der Waals surface area contributed by atoms with E-state index in [0.717, 1.165) is 19.3 Å². The summed E-state index contributed by atoms with van der Waals surface area (Å²) in [5, 5.41) is 8.99. The van der Waals surface area contributed by atoms with Crippen LogP contribution in [0.4, 0.5) is 0 Å². The zero-order chi connectivity index (χ0) is 15.6. The van der Waals surface area contributed by atoms with E-state index in [-0.39, 0.29) is 22.6 Å². The second kappa shape index (κ2) is 6.13. The van der Waals surface area contributed by atoms with Crippen LogP contribution in [0.15, 0.2) is 23.1 Å². The quantitative estimate of drug-likeness (QED) is 0.860. The van der Waals surface area contributed by atoms with Crippen LogP contribution in [0.5, 0.6) is 0 Å². The van der Waals surface area contributed by atoms with E-state index in [1.54, 1.807) is 14.0 Å². The van der Waals surface area contributed by atoms with Gasteiger partial charge >= 0.3 is 5.97 Å². The topological polar surface area (TPSA) is 92.7 Å². The molecule has 2 atom stereocenters. The van der Waals surface area contributed by atoms with Crippen LogP contribution in [-0.4, -0.2) is 38.7 Å². The lowest BCUT2D eigenvalue weighted by Gasteiger charge is -2.20. The van der Waals surface area contributed by atoms with Gasteiger partial charge in [-0.25, -0.2) is 17.9 Å². The van der Waals surface area contributed by atoms with Crippen molar-refractivity contribution in [3.63, 3.8) is 0 Å². The van der Waals surface area contributed by atoms with Gasteiger partial charge < -0.3 is 9.84 Å². The molecule has 1 aliphatic carbocycles. The van der Waals surface area contributed by atoms with Crippen molar-refractivity contribution >= 4 is 16.0 Å². The molecule has 0 saturated heterocycles. The van der Waals surface area contributed by atoms with Gasteiger partial charge in [0.05, 0.1) is 16.6 Å². The summed E-state index contributed by atoms with van der Waals surface area (Å²) in [6.45, 7) is 1.64. The lowest BCUT2D eigenvalue weighted by Crippen LogP contribution is -2.40. The Labute approximate surface area is 124 Å². The molecule has 1 aromatic carbocycles. The maximum absolute atomic E-state index is 12.5. The van der Waals surface area contributed by atoms with E-state index in [4.69, 9.17) is 9.84 Å². The van der Waals surface area contributed by atoms with Crippen LogP contribution in [0, 0.1) is 6.92 Å². The Morgan fingerprint density at radius 1 is 1.38 bits per heavy atom. The minimum atomic E-state index is -3.77. The third-order valence-corrected chi connectivity index (χ3v) is 5.42. The summed E-state index contributed by atoms with van der Waals surface area (Å²) < 4.78 is 32.9. The molecule has 7 heteroatoms. The molecule has 0 aliphatic heterocycles. The highest BCUT2D eigenvalue weighted by Gasteiger charge is 2.32. The summed E-state index contributed by atoms with van der Waals surface area (Å²) in [7, 11) is -2.20. The first-order valence-electron chi connectivity index (χ1n) is 6.74. The van der Waals surface area contributed by atoms with E-state index in [0.29, 0.717) is 5.56 Å². The normalized spacial score (nSPS) is 22.4. The van der Waals surface area contributed by atoms with Gasteiger partial charge in [0.1, 0.15) is 0 Å². The summed E-state index contributed by atoms with van der Waals surface area (Å²) in [5.74, 6) is -1.15. The number of carboxylic acids is 1. The lowest BCUT2D eigenvalue weighted by molar-refractivity contribution is 0.0696. The Balaban J connectivity index is 2.31. The van der Waals surface area contributed by atoms with Crippen LogP contribution in [0.3, 0.4) is 0 Å². The lowest BCUT2D eigenvalue weighted by atomic mass is 10.1. The average Bonchev–Trinajstić information content (AvgIpc) is 2.85. The van der Waals surface area contributed by atoms with E-state index in [1.165, 1.54) is 18.2 Å². The second-order valence-electron chi connectivity index (χ2n) is 5.22. The first kappa shape index (κ1) is 15.9. The molecule has 2 unspecified atom stereocenters. The van der Waals surface area contributed by atoms with E-state index >= 15 is 0 Å². The van der Waals surface area contributed by atoms with E-state index in [1.807, 2.05) is 0 Å². The van der Waals surface area contributed by atoms with Gasteiger partial charge in [-0.05, 0) is 43.9 Å². The maximum atomic E-state index is 12.5. The molecule has 0 heterocycles. The summed E-state index contributed by atoms with van der Waals surface area (Å²) in [6, 6.07) is 3.81. The van der Waals surface area contributed by atoms with E-state index < -0.39 is 16.0 Å². The van der Waals surface area contributed by atoms with Gasteiger partial charge in [-0.15, -0.1) is 0 Å². The molecule has 1 fully saturated rings. The van der Waals surface area contributed by atoms with Gasteiger partial charge in [-0.3, -0.25) is 0 Å². The SMILES string of the molecule is COC1CCCC1NS(=O)(=O)c1cc(C(=O)O)ccc1C. The number of ether oxygens (including phenoxy) is 1. The molecule has 116 valence electrons. The van der Waals surface area contributed by atoms with Crippen LogP contribution >= 0.6 is 0 Å². The van der Waals surface area contributed by atoms with E-state index in [2.05, 4.69) is 4.72 Å². The molecular formula is C14H19NO5S. The van der Waals surface area contributed by atoms with Crippen LogP contribution in [0.25, 0.3) is 0 Å². The molecule has 0 aromatic heterocycles. The minimum Gasteiger partial charge on any atom is -0.478 e. The summed E-state index contributed by atoms with van der Waals surface area (Å²) in [5.41, 5.74) is 0.468. The molecule has 2 rings (SSSR count). The number of hydrogen-bond acceptors (Lipinski definition) is 4. The number of nitrogens with one attached hydrogen (secondary N) is 1. The number of rotatable bonds is 5. The highest BCUT2D eigenvalue weighted by Crippen LogP contribution is 2.24. The monoisotopic (exact) mass is 313 g/mol. The first-order chi connectivity index (χ1) is 9.85. The number of methoxy groups -OCH3 is 1. The van der Waals surface area contributed by atoms with Crippen LogP contribution < -0.4 is 4.72 Å². The van der Waals surface area contributed by atoms with Crippen molar-refractivity contribution in [2.45, 2.75) is 43.2 Å². The van der Waals surface area contributed by atoms with Gasteiger partial charge in [0, 0.05) is 13.2 Å². The number of carboxylic acid groups (broad SMARTS) is 1. The third kappa shape index (κ3) is 3.42. The van der Waals surface area contributed by atoms with E-state index in [9.17, 15) is 13.2 Å². The van der Waals surface area contributed by atoms with Crippen molar-refractivity contribution in [1.29, 1.82) is 0 Å². The standard InChI is InChI=1S/C14H19NO5S/c1-9-6-7-10(14(16)17)8-13(9)21(18,19)15-11-4-3-5-12(11)20-2/h6-8,11-12,15H,3-5H2,1-2H3,(H,16,17). The fourth-order valence-electron chi connectivity index (χ4n) is 2.63. The largest absolute Gasteiger partial charge is 0.478 e. The maximum Gasteiger partial charge on any atom is 0.335 e. The molecular weight excluding hydrogens is 294 g/mol. The van der Waals surface area contributed by atoms with Gasteiger partial charge in [0.15, 0.2) is 0 Å². The number of aryl methyl sites for hydroxylation is 1. The van der Waals surface area contributed by atoms with Crippen molar-refractivity contribution in [1.82, 2.24) is 4.72 Å². The van der Waals surface area contributed by atoms with Crippen LogP contribution in [0.1, 0.15) is 35.2 Å². The predicted octanol–water partition coefficient (Wildman–Crippen LogP) is 1.54. The molecule has 0 bridgehead atoms. The average molecular weight is 313 g/mol. The minimum absolute atomic E-state index is 0.00385. The number of benzene rings is 1. The predicted molar refractivity (Wildman–Crippen MR) is 76.9 cm³/mol. The Morgan fingerprint density at radius 2 is 2.10 bits per heavy atom. The molecule has 1 aromatic rings. The molecule has 0 amide bonds. The summed E-state index contributed by atoms with van der Waals surface area (Å²) in [6.07, 6.45) is 2.30. The molecule has 21 heavy (non-hydrogen) atoms. The molecule has 0 radical (unpaired) electrons. The van der Waals surface area contributed by atoms with Gasteiger partial charge in [0.25, 0.3) is 0 Å². The first-order valence-corrected chi connectivity index (χ1v) is 8.22. The number of aromatic carboxylic acids is 1. The molecule has 2 N–H and O–H groups in total. The zero-order valence-electron chi connectivity index (χ0n) is 12.0. The van der Waals surface area contributed by atoms with Crippen LogP contribution in [-0.2, 0) is 14.8 Å². The smallest absolute Gasteiger partial charge is 0.335 e. The highest BCUT2D eigenvalue weighted by molar-refractivity contribution is 7.89. The third-order valence-electron chi connectivity index (χ3n) is 3.79. The Kier molecular flexibility index (Phi) is 4.65.